The van der Waals surface area contributed by atoms with Crippen LogP contribution in [0.4, 0.5) is 8.78 Å². The number of halogens is 2. The molecule has 0 bridgehead atoms. The molecule has 1 aliphatic heterocycles. The fourth-order valence-electron chi connectivity index (χ4n) is 2.42. The molecule has 1 saturated heterocycles. The maximum atomic E-state index is 13.8. The summed E-state index contributed by atoms with van der Waals surface area (Å²) in [5, 5.41) is 9.40. The van der Waals surface area contributed by atoms with E-state index in [4.69, 9.17) is 9.47 Å². The van der Waals surface area contributed by atoms with Crippen molar-refractivity contribution < 1.29 is 18.3 Å². The number of pyridine rings is 1. The van der Waals surface area contributed by atoms with Gasteiger partial charge in [0.1, 0.15) is 6.61 Å². The zero-order valence-electron chi connectivity index (χ0n) is 12.7. The maximum Gasteiger partial charge on any atom is 0.232 e. The van der Waals surface area contributed by atoms with Gasteiger partial charge in [-0.15, -0.1) is 0 Å². The molecule has 3 heterocycles. The number of rotatable bonds is 4. The molecule has 8 heteroatoms. The molecule has 0 unspecified atom stereocenters. The summed E-state index contributed by atoms with van der Waals surface area (Å²) < 4.78 is 37.9. The number of nitriles is 1. The van der Waals surface area contributed by atoms with Crippen molar-refractivity contribution in [2.45, 2.75) is 12.8 Å². The summed E-state index contributed by atoms with van der Waals surface area (Å²) in [6, 6.07) is 3.22. The first-order valence-electron chi connectivity index (χ1n) is 7.37. The van der Waals surface area contributed by atoms with Gasteiger partial charge in [0.25, 0.3) is 0 Å². The molecule has 24 heavy (non-hydrogen) atoms. The van der Waals surface area contributed by atoms with Crippen LogP contribution in [0.25, 0.3) is 11.3 Å². The van der Waals surface area contributed by atoms with Crippen molar-refractivity contribution in [1.29, 1.82) is 5.26 Å². The number of aromatic nitrogens is 3. The van der Waals surface area contributed by atoms with Crippen LogP contribution in [0.15, 0.2) is 24.7 Å². The normalized spacial score (nSPS) is 16.4. The lowest BCUT2D eigenvalue weighted by Crippen LogP contribution is -2.34. The summed E-state index contributed by atoms with van der Waals surface area (Å²) in [7, 11) is 0. The van der Waals surface area contributed by atoms with Gasteiger partial charge >= 0.3 is 0 Å². The first-order valence-corrected chi connectivity index (χ1v) is 7.37. The van der Waals surface area contributed by atoms with Crippen LogP contribution in [0.2, 0.25) is 0 Å². The van der Waals surface area contributed by atoms with Crippen LogP contribution in [0.5, 0.6) is 5.88 Å². The third kappa shape index (κ3) is 3.46. The van der Waals surface area contributed by atoms with Gasteiger partial charge in [0.05, 0.1) is 35.8 Å². The van der Waals surface area contributed by atoms with Crippen LogP contribution in [0.3, 0.4) is 0 Å². The average molecular weight is 332 g/mol. The van der Waals surface area contributed by atoms with Crippen molar-refractivity contribution in [2.75, 3.05) is 19.8 Å². The predicted molar refractivity (Wildman–Crippen MR) is 78.8 cm³/mol. The van der Waals surface area contributed by atoms with E-state index in [9.17, 15) is 14.0 Å². The van der Waals surface area contributed by atoms with Crippen LogP contribution in [0, 0.1) is 28.5 Å². The van der Waals surface area contributed by atoms with E-state index in [0.717, 1.165) is 12.3 Å². The van der Waals surface area contributed by atoms with E-state index in [1.807, 2.05) is 0 Å². The molecule has 1 aliphatic rings. The summed E-state index contributed by atoms with van der Waals surface area (Å²) in [6.07, 6.45) is 4.59. The van der Waals surface area contributed by atoms with Gasteiger partial charge in [-0.25, -0.2) is 14.4 Å². The summed E-state index contributed by atoms with van der Waals surface area (Å²) >= 11 is 0. The Morgan fingerprint density at radius 3 is 2.79 bits per heavy atom. The lowest BCUT2D eigenvalue weighted by atomic mass is 9.83. The minimum atomic E-state index is -0.815. The van der Waals surface area contributed by atoms with Gasteiger partial charge < -0.3 is 9.47 Å². The second-order valence-electron chi connectivity index (χ2n) is 5.52. The molecule has 0 radical (unpaired) electrons. The van der Waals surface area contributed by atoms with E-state index in [-0.39, 0.29) is 23.7 Å². The third-order valence-electron chi connectivity index (χ3n) is 3.89. The molecule has 124 valence electrons. The van der Waals surface area contributed by atoms with Crippen LogP contribution in [-0.2, 0) is 4.74 Å². The molecule has 1 fully saturated rings. The van der Waals surface area contributed by atoms with Gasteiger partial charge in [0, 0.05) is 24.8 Å². The highest BCUT2D eigenvalue weighted by atomic mass is 19.1. The summed E-state index contributed by atoms with van der Waals surface area (Å²) in [5.41, 5.74) is -0.560. The zero-order chi connectivity index (χ0) is 17.0. The lowest BCUT2D eigenvalue weighted by Gasteiger charge is -2.29. The quantitative estimate of drug-likeness (QED) is 0.800. The van der Waals surface area contributed by atoms with Crippen molar-refractivity contribution in [3.8, 4) is 23.2 Å². The molecule has 0 amide bonds. The second kappa shape index (κ2) is 6.84. The van der Waals surface area contributed by atoms with E-state index in [1.165, 1.54) is 12.4 Å². The van der Waals surface area contributed by atoms with E-state index in [2.05, 4.69) is 21.0 Å². The average Bonchev–Trinajstić information content (AvgIpc) is 2.63. The Labute approximate surface area is 137 Å². The van der Waals surface area contributed by atoms with E-state index in [1.54, 1.807) is 0 Å². The Kier molecular flexibility index (Phi) is 4.62. The molecule has 0 spiro atoms. The van der Waals surface area contributed by atoms with Crippen molar-refractivity contribution in [3.05, 3.63) is 36.4 Å². The van der Waals surface area contributed by atoms with Crippen LogP contribution < -0.4 is 4.74 Å². The molecule has 2 aromatic rings. The highest BCUT2D eigenvalue weighted by Crippen LogP contribution is 2.30. The van der Waals surface area contributed by atoms with Gasteiger partial charge in [0.15, 0.2) is 5.82 Å². The first-order chi connectivity index (χ1) is 11.6. The Morgan fingerprint density at radius 2 is 2.04 bits per heavy atom. The Hall–Kier alpha value is -2.66. The number of nitrogens with zero attached hydrogens (tertiary/aromatic N) is 4. The summed E-state index contributed by atoms with van der Waals surface area (Å²) in [6.45, 7) is 1.15. The molecule has 3 rings (SSSR count). The third-order valence-corrected chi connectivity index (χ3v) is 3.89. The maximum absolute atomic E-state index is 13.8. The zero-order valence-corrected chi connectivity index (χ0v) is 12.7. The van der Waals surface area contributed by atoms with Crippen molar-refractivity contribution >= 4 is 0 Å². The number of hydrogen-bond acceptors (Lipinski definition) is 6. The molecule has 2 aromatic heterocycles. The Bertz CT molecular complexity index is 773. The van der Waals surface area contributed by atoms with Gasteiger partial charge in [-0.3, -0.25) is 4.98 Å². The highest BCUT2D eigenvalue weighted by Gasteiger charge is 2.34. The molecule has 0 N–H and O–H groups in total. The molecular formula is C16H14F2N4O2. The minimum absolute atomic E-state index is 0.0542. The smallest absolute Gasteiger partial charge is 0.232 e. The second-order valence-corrected chi connectivity index (χ2v) is 5.52. The SMILES string of the molecule is N#CC1(COc2cncc(-c3cc(F)ncc3F)n2)CCOCC1. The predicted octanol–water partition coefficient (Wildman–Crippen LogP) is 2.52. The number of hydrogen-bond donors (Lipinski definition) is 0. The van der Waals surface area contributed by atoms with Crippen molar-refractivity contribution in [3.63, 3.8) is 0 Å². The molecule has 0 saturated carbocycles. The van der Waals surface area contributed by atoms with Crippen LogP contribution >= 0.6 is 0 Å². The monoisotopic (exact) mass is 332 g/mol. The Morgan fingerprint density at radius 1 is 1.25 bits per heavy atom. The van der Waals surface area contributed by atoms with Gasteiger partial charge in [-0.1, -0.05) is 0 Å². The number of ether oxygens (including phenoxy) is 2. The minimum Gasteiger partial charge on any atom is -0.475 e. The van der Waals surface area contributed by atoms with Crippen LogP contribution in [-0.4, -0.2) is 34.8 Å². The lowest BCUT2D eigenvalue weighted by molar-refractivity contribution is 0.0182. The van der Waals surface area contributed by atoms with Gasteiger partial charge in [-0.05, 0) is 12.8 Å². The van der Waals surface area contributed by atoms with Crippen molar-refractivity contribution in [2.24, 2.45) is 5.41 Å². The summed E-state index contributed by atoms with van der Waals surface area (Å²) in [5.74, 6) is -1.38. The largest absolute Gasteiger partial charge is 0.475 e. The topological polar surface area (TPSA) is 80.9 Å². The molecule has 0 aliphatic carbocycles. The van der Waals surface area contributed by atoms with E-state index in [0.29, 0.717) is 26.1 Å². The summed E-state index contributed by atoms with van der Waals surface area (Å²) in [4.78, 5) is 11.3. The van der Waals surface area contributed by atoms with Crippen LogP contribution in [0.1, 0.15) is 12.8 Å². The molecule has 0 atom stereocenters. The molecular weight excluding hydrogens is 318 g/mol. The van der Waals surface area contributed by atoms with E-state index < -0.39 is 17.2 Å². The molecule has 6 nitrogen and oxygen atoms in total. The fraction of sp³-hybridized carbons (Fsp3) is 0.375. The first kappa shape index (κ1) is 16.2. The van der Waals surface area contributed by atoms with Gasteiger partial charge in [-0.2, -0.15) is 9.65 Å². The standard InChI is InChI=1S/C16H14F2N4O2/c17-12-6-21-14(18)5-11(12)13-7-20-8-15(22-13)24-10-16(9-19)1-3-23-4-2-16/h5-8H,1-4,10H2. The van der Waals surface area contributed by atoms with Crippen molar-refractivity contribution in [1.82, 2.24) is 15.0 Å². The van der Waals surface area contributed by atoms with Gasteiger partial charge in [0.2, 0.25) is 11.8 Å². The highest BCUT2D eigenvalue weighted by molar-refractivity contribution is 5.58. The Balaban J connectivity index is 1.78. The van der Waals surface area contributed by atoms with E-state index >= 15 is 0 Å². The molecule has 0 aromatic carbocycles. The fourth-order valence-corrected chi connectivity index (χ4v) is 2.42.